The normalized spacial score (nSPS) is 15.4. The lowest BCUT2D eigenvalue weighted by Gasteiger charge is -2.16. The minimum atomic E-state index is 0.863. The standard InChI is InChI=1S/C11H13BrN2O/c1-14-6-5-13-11(14)9-7-8(12)3-4-10(9)15-2/h3-4,7H,5-6H2,1-2H3. The average molecular weight is 269 g/mol. The summed E-state index contributed by atoms with van der Waals surface area (Å²) in [5.74, 6) is 1.87. The highest BCUT2D eigenvalue weighted by Gasteiger charge is 2.18. The first-order valence-corrected chi connectivity index (χ1v) is 5.61. The Kier molecular flexibility index (Phi) is 2.95. The van der Waals surface area contributed by atoms with Crippen LogP contribution in [-0.2, 0) is 0 Å². The molecule has 1 aliphatic rings. The SMILES string of the molecule is COc1ccc(Br)cc1C1=NCCN1C. The van der Waals surface area contributed by atoms with E-state index in [2.05, 4.69) is 25.8 Å². The summed E-state index contributed by atoms with van der Waals surface area (Å²) in [7, 11) is 3.73. The maximum Gasteiger partial charge on any atom is 0.134 e. The molecule has 1 aromatic carbocycles. The maximum atomic E-state index is 5.33. The van der Waals surface area contributed by atoms with Crippen molar-refractivity contribution in [1.29, 1.82) is 0 Å². The molecule has 4 heteroatoms. The lowest BCUT2D eigenvalue weighted by atomic mass is 10.2. The van der Waals surface area contributed by atoms with Crippen molar-refractivity contribution in [2.75, 3.05) is 27.2 Å². The summed E-state index contributed by atoms with van der Waals surface area (Å²) < 4.78 is 6.38. The van der Waals surface area contributed by atoms with E-state index in [1.165, 1.54) is 0 Å². The molecule has 0 N–H and O–H groups in total. The summed E-state index contributed by atoms with van der Waals surface area (Å²) in [5.41, 5.74) is 1.05. The van der Waals surface area contributed by atoms with Gasteiger partial charge >= 0.3 is 0 Å². The Bertz CT molecular complexity index is 404. The number of nitrogens with zero attached hydrogens (tertiary/aromatic N) is 2. The molecule has 0 spiro atoms. The van der Waals surface area contributed by atoms with Crippen LogP contribution in [0.1, 0.15) is 5.56 Å². The van der Waals surface area contributed by atoms with Gasteiger partial charge in [-0.2, -0.15) is 0 Å². The van der Waals surface area contributed by atoms with E-state index >= 15 is 0 Å². The number of amidine groups is 1. The highest BCUT2D eigenvalue weighted by molar-refractivity contribution is 9.10. The van der Waals surface area contributed by atoms with E-state index in [0.717, 1.165) is 34.7 Å². The molecular formula is C11H13BrN2O. The van der Waals surface area contributed by atoms with E-state index in [-0.39, 0.29) is 0 Å². The molecule has 1 heterocycles. The molecule has 0 atom stereocenters. The lowest BCUT2D eigenvalue weighted by Crippen LogP contribution is -2.23. The first kappa shape index (κ1) is 10.5. The van der Waals surface area contributed by atoms with Crippen LogP contribution in [0.3, 0.4) is 0 Å². The Morgan fingerprint density at radius 1 is 1.47 bits per heavy atom. The van der Waals surface area contributed by atoms with Gasteiger partial charge in [0.25, 0.3) is 0 Å². The van der Waals surface area contributed by atoms with Crippen LogP contribution < -0.4 is 4.74 Å². The van der Waals surface area contributed by atoms with Crippen molar-refractivity contribution in [3.63, 3.8) is 0 Å². The van der Waals surface area contributed by atoms with Gasteiger partial charge in [0.1, 0.15) is 11.6 Å². The number of methoxy groups -OCH3 is 1. The molecule has 0 aromatic heterocycles. The van der Waals surface area contributed by atoms with Gasteiger partial charge in [-0.05, 0) is 18.2 Å². The Morgan fingerprint density at radius 3 is 2.87 bits per heavy atom. The van der Waals surface area contributed by atoms with Crippen LogP contribution in [0, 0.1) is 0 Å². The quantitative estimate of drug-likeness (QED) is 0.821. The summed E-state index contributed by atoms with van der Waals surface area (Å²) in [6.45, 7) is 1.84. The van der Waals surface area contributed by atoms with Crippen molar-refractivity contribution >= 4 is 21.8 Å². The molecule has 3 nitrogen and oxygen atoms in total. The van der Waals surface area contributed by atoms with E-state index in [9.17, 15) is 0 Å². The van der Waals surface area contributed by atoms with Gasteiger partial charge in [0.2, 0.25) is 0 Å². The first-order valence-electron chi connectivity index (χ1n) is 4.82. The predicted molar refractivity (Wildman–Crippen MR) is 64.7 cm³/mol. The second kappa shape index (κ2) is 4.23. The number of ether oxygens (including phenoxy) is 1. The van der Waals surface area contributed by atoms with Gasteiger partial charge in [0.05, 0.1) is 19.2 Å². The zero-order valence-corrected chi connectivity index (χ0v) is 10.4. The van der Waals surface area contributed by atoms with Crippen molar-refractivity contribution < 1.29 is 4.74 Å². The smallest absolute Gasteiger partial charge is 0.134 e. The number of likely N-dealkylation sites (N-methyl/N-ethyl adjacent to an activating group) is 1. The van der Waals surface area contributed by atoms with E-state index in [4.69, 9.17) is 4.74 Å². The van der Waals surface area contributed by atoms with E-state index in [1.54, 1.807) is 7.11 Å². The summed E-state index contributed by atoms with van der Waals surface area (Å²) in [6, 6.07) is 5.96. The van der Waals surface area contributed by atoms with Gasteiger partial charge in [0, 0.05) is 18.1 Å². The second-order valence-electron chi connectivity index (χ2n) is 3.47. The number of aliphatic imine (C=N–C) groups is 1. The highest BCUT2D eigenvalue weighted by Crippen LogP contribution is 2.25. The molecule has 0 fully saturated rings. The van der Waals surface area contributed by atoms with E-state index in [0.29, 0.717) is 0 Å². The molecular weight excluding hydrogens is 256 g/mol. The maximum absolute atomic E-state index is 5.33. The summed E-state index contributed by atoms with van der Waals surface area (Å²) >= 11 is 3.46. The summed E-state index contributed by atoms with van der Waals surface area (Å²) in [6.07, 6.45) is 0. The van der Waals surface area contributed by atoms with Crippen molar-refractivity contribution in [3.05, 3.63) is 28.2 Å². The molecule has 1 aliphatic heterocycles. The molecule has 80 valence electrons. The van der Waals surface area contributed by atoms with Gasteiger partial charge < -0.3 is 9.64 Å². The Morgan fingerprint density at radius 2 is 2.27 bits per heavy atom. The number of benzene rings is 1. The van der Waals surface area contributed by atoms with Crippen LogP contribution in [0.2, 0.25) is 0 Å². The molecule has 1 aromatic rings. The van der Waals surface area contributed by atoms with Crippen molar-refractivity contribution in [2.24, 2.45) is 4.99 Å². The monoisotopic (exact) mass is 268 g/mol. The summed E-state index contributed by atoms with van der Waals surface area (Å²) in [4.78, 5) is 6.62. The minimum absolute atomic E-state index is 0.863. The molecule has 0 amide bonds. The second-order valence-corrected chi connectivity index (χ2v) is 4.39. The molecule has 2 rings (SSSR count). The molecule has 0 unspecified atom stereocenters. The van der Waals surface area contributed by atoms with Gasteiger partial charge in [-0.25, -0.2) is 0 Å². The first-order chi connectivity index (χ1) is 7.22. The van der Waals surface area contributed by atoms with Gasteiger partial charge in [-0.1, -0.05) is 15.9 Å². The van der Waals surface area contributed by atoms with Crippen molar-refractivity contribution in [3.8, 4) is 5.75 Å². The number of hydrogen-bond donors (Lipinski definition) is 0. The third kappa shape index (κ3) is 2.00. The van der Waals surface area contributed by atoms with Crippen molar-refractivity contribution in [1.82, 2.24) is 4.90 Å². The van der Waals surface area contributed by atoms with Crippen LogP contribution >= 0.6 is 15.9 Å². The lowest BCUT2D eigenvalue weighted by molar-refractivity contribution is 0.412. The van der Waals surface area contributed by atoms with Crippen molar-refractivity contribution in [2.45, 2.75) is 0 Å². The average Bonchev–Trinajstić information content (AvgIpc) is 2.64. The molecule has 0 aliphatic carbocycles. The molecule has 15 heavy (non-hydrogen) atoms. The summed E-state index contributed by atoms with van der Waals surface area (Å²) in [5, 5.41) is 0. The number of halogens is 1. The van der Waals surface area contributed by atoms with Gasteiger partial charge in [-0.3, -0.25) is 4.99 Å². The molecule has 0 saturated heterocycles. The van der Waals surface area contributed by atoms with E-state index < -0.39 is 0 Å². The third-order valence-corrected chi connectivity index (χ3v) is 2.95. The fourth-order valence-corrected chi connectivity index (χ4v) is 2.04. The molecule has 0 bridgehead atoms. The minimum Gasteiger partial charge on any atom is -0.496 e. The van der Waals surface area contributed by atoms with Crippen LogP contribution in [0.4, 0.5) is 0 Å². The zero-order valence-electron chi connectivity index (χ0n) is 8.83. The molecule has 0 radical (unpaired) electrons. The predicted octanol–water partition coefficient (Wildman–Crippen LogP) is 2.15. The number of rotatable bonds is 2. The van der Waals surface area contributed by atoms with Crippen LogP contribution in [0.25, 0.3) is 0 Å². The topological polar surface area (TPSA) is 24.8 Å². The Hall–Kier alpha value is -1.03. The third-order valence-electron chi connectivity index (χ3n) is 2.46. The highest BCUT2D eigenvalue weighted by atomic mass is 79.9. The zero-order chi connectivity index (χ0) is 10.8. The van der Waals surface area contributed by atoms with Crippen LogP contribution in [0.5, 0.6) is 5.75 Å². The Balaban J connectivity index is 2.46. The Labute approximate surface area is 97.9 Å². The number of hydrogen-bond acceptors (Lipinski definition) is 3. The van der Waals surface area contributed by atoms with Crippen LogP contribution in [0.15, 0.2) is 27.7 Å². The molecule has 0 saturated carbocycles. The van der Waals surface area contributed by atoms with Crippen LogP contribution in [-0.4, -0.2) is 38.0 Å². The van der Waals surface area contributed by atoms with E-state index in [1.807, 2.05) is 25.2 Å². The largest absolute Gasteiger partial charge is 0.496 e. The fourth-order valence-electron chi connectivity index (χ4n) is 1.68. The fraction of sp³-hybridized carbons (Fsp3) is 0.364. The van der Waals surface area contributed by atoms with Gasteiger partial charge in [0.15, 0.2) is 0 Å². The van der Waals surface area contributed by atoms with Gasteiger partial charge in [-0.15, -0.1) is 0 Å².